The zero-order chi connectivity index (χ0) is 12.7. The standard InChI is InChI=1S/C13H14N4S/c1-8-3-4-10(9(2)5-8)11-7-18-13-15-12(6-14)16-17(11)13/h3-5,7H,6,14H2,1-2H3. The van der Waals surface area contributed by atoms with E-state index in [1.807, 2.05) is 4.52 Å². The van der Waals surface area contributed by atoms with E-state index in [0.29, 0.717) is 12.4 Å². The first-order chi connectivity index (χ1) is 8.69. The molecule has 1 aromatic carbocycles. The van der Waals surface area contributed by atoms with Gasteiger partial charge in [0.25, 0.3) is 0 Å². The van der Waals surface area contributed by atoms with Crippen molar-refractivity contribution in [2.24, 2.45) is 5.73 Å². The van der Waals surface area contributed by atoms with Crippen LogP contribution >= 0.6 is 11.3 Å². The van der Waals surface area contributed by atoms with E-state index in [-0.39, 0.29) is 0 Å². The van der Waals surface area contributed by atoms with Gasteiger partial charge in [0.05, 0.1) is 12.2 Å². The molecule has 3 aromatic rings. The van der Waals surface area contributed by atoms with Crippen LogP contribution in [-0.2, 0) is 6.54 Å². The maximum Gasteiger partial charge on any atom is 0.212 e. The van der Waals surface area contributed by atoms with E-state index >= 15 is 0 Å². The van der Waals surface area contributed by atoms with E-state index in [1.165, 1.54) is 16.7 Å². The third kappa shape index (κ3) is 1.72. The van der Waals surface area contributed by atoms with Crippen LogP contribution in [0, 0.1) is 13.8 Å². The van der Waals surface area contributed by atoms with Gasteiger partial charge in [0.15, 0.2) is 5.82 Å². The van der Waals surface area contributed by atoms with Crippen molar-refractivity contribution in [3.05, 3.63) is 40.5 Å². The molecule has 18 heavy (non-hydrogen) atoms. The minimum Gasteiger partial charge on any atom is -0.324 e. The average Bonchev–Trinajstić information content (AvgIpc) is 2.89. The predicted octanol–water partition coefficient (Wildman–Crippen LogP) is 2.53. The lowest BCUT2D eigenvalue weighted by molar-refractivity contribution is 0.876. The molecule has 0 radical (unpaired) electrons. The summed E-state index contributed by atoms with van der Waals surface area (Å²) in [6.45, 7) is 4.59. The van der Waals surface area contributed by atoms with Crippen LogP contribution in [0.2, 0.25) is 0 Å². The molecule has 0 amide bonds. The number of aryl methyl sites for hydroxylation is 2. The molecule has 0 spiro atoms. The second kappa shape index (κ2) is 4.19. The van der Waals surface area contributed by atoms with Gasteiger partial charge in [-0.3, -0.25) is 0 Å². The van der Waals surface area contributed by atoms with E-state index in [1.54, 1.807) is 11.3 Å². The topological polar surface area (TPSA) is 56.2 Å². The van der Waals surface area contributed by atoms with Crippen molar-refractivity contribution in [3.63, 3.8) is 0 Å². The van der Waals surface area contributed by atoms with Gasteiger partial charge >= 0.3 is 0 Å². The Kier molecular flexibility index (Phi) is 2.65. The van der Waals surface area contributed by atoms with Crippen molar-refractivity contribution < 1.29 is 0 Å². The Bertz CT molecular complexity index is 711. The molecular formula is C13H14N4S. The molecule has 0 saturated carbocycles. The monoisotopic (exact) mass is 258 g/mol. The van der Waals surface area contributed by atoms with Gasteiger partial charge in [0.1, 0.15) is 0 Å². The van der Waals surface area contributed by atoms with Crippen LogP contribution in [0.5, 0.6) is 0 Å². The molecule has 2 N–H and O–H groups in total. The lowest BCUT2D eigenvalue weighted by Gasteiger charge is -2.04. The highest BCUT2D eigenvalue weighted by Crippen LogP contribution is 2.28. The van der Waals surface area contributed by atoms with Crippen molar-refractivity contribution in [3.8, 4) is 11.3 Å². The first kappa shape index (κ1) is 11.4. The normalized spacial score (nSPS) is 11.3. The number of nitrogens with zero attached hydrogens (tertiary/aromatic N) is 3. The van der Waals surface area contributed by atoms with Gasteiger partial charge in [-0.15, -0.1) is 16.4 Å². The van der Waals surface area contributed by atoms with Crippen molar-refractivity contribution in [2.75, 3.05) is 0 Å². The number of nitrogens with two attached hydrogens (primary N) is 1. The molecule has 0 aliphatic heterocycles. The van der Waals surface area contributed by atoms with Crippen molar-refractivity contribution in [1.29, 1.82) is 0 Å². The minimum atomic E-state index is 0.376. The molecule has 2 aromatic heterocycles. The molecule has 5 heteroatoms. The van der Waals surface area contributed by atoms with Crippen LogP contribution in [-0.4, -0.2) is 14.6 Å². The molecule has 3 rings (SSSR count). The summed E-state index contributed by atoms with van der Waals surface area (Å²) < 4.78 is 1.88. The molecule has 0 fully saturated rings. The molecule has 0 unspecified atom stereocenters. The summed E-state index contributed by atoms with van der Waals surface area (Å²) in [5.74, 6) is 0.688. The summed E-state index contributed by atoms with van der Waals surface area (Å²) in [6, 6.07) is 6.43. The molecule has 0 saturated heterocycles. The van der Waals surface area contributed by atoms with E-state index in [9.17, 15) is 0 Å². The van der Waals surface area contributed by atoms with Crippen molar-refractivity contribution >= 4 is 16.3 Å². The molecule has 0 aliphatic carbocycles. The largest absolute Gasteiger partial charge is 0.324 e. The van der Waals surface area contributed by atoms with Gasteiger partial charge in [-0.2, -0.15) is 0 Å². The highest BCUT2D eigenvalue weighted by molar-refractivity contribution is 7.15. The first-order valence-corrected chi connectivity index (χ1v) is 6.68. The van der Waals surface area contributed by atoms with E-state index in [2.05, 4.69) is 47.5 Å². The Balaban J connectivity index is 2.21. The summed E-state index contributed by atoms with van der Waals surface area (Å²) in [5, 5.41) is 6.51. The van der Waals surface area contributed by atoms with Crippen molar-refractivity contribution in [1.82, 2.24) is 14.6 Å². The Morgan fingerprint density at radius 3 is 2.89 bits per heavy atom. The van der Waals surface area contributed by atoms with Gasteiger partial charge in [-0.1, -0.05) is 23.8 Å². The molecule has 0 aliphatic rings. The van der Waals surface area contributed by atoms with Crippen LogP contribution < -0.4 is 5.73 Å². The number of fused-ring (bicyclic) bond motifs is 1. The third-order valence-corrected chi connectivity index (χ3v) is 3.78. The second-order valence-corrected chi connectivity index (χ2v) is 5.20. The second-order valence-electron chi connectivity index (χ2n) is 4.37. The van der Waals surface area contributed by atoms with E-state index in [4.69, 9.17) is 5.73 Å². The number of thiazole rings is 1. The van der Waals surface area contributed by atoms with E-state index < -0.39 is 0 Å². The summed E-state index contributed by atoms with van der Waals surface area (Å²) >= 11 is 1.59. The Morgan fingerprint density at radius 1 is 1.33 bits per heavy atom. The van der Waals surface area contributed by atoms with Crippen LogP contribution in [0.15, 0.2) is 23.6 Å². The third-order valence-electron chi connectivity index (χ3n) is 2.97. The predicted molar refractivity (Wildman–Crippen MR) is 73.7 cm³/mol. The first-order valence-electron chi connectivity index (χ1n) is 5.80. The molecule has 92 valence electrons. The highest BCUT2D eigenvalue weighted by Gasteiger charge is 2.12. The maximum absolute atomic E-state index is 5.58. The number of aromatic nitrogens is 3. The fraction of sp³-hybridized carbons (Fsp3) is 0.231. The lowest BCUT2D eigenvalue weighted by atomic mass is 10.0. The Hall–Kier alpha value is -1.72. The molecule has 4 nitrogen and oxygen atoms in total. The lowest BCUT2D eigenvalue weighted by Crippen LogP contribution is -1.99. The fourth-order valence-electron chi connectivity index (χ4n) is 2.09. The van der Waals surface area contributed by atoms with Gasteiger partial charge < -0.3 is 5.73 Å². The highest BCUT2D eigenvalue weighted by atomic mass is 32.1. The molecular weight excluding hydrogens is 244 g/mol. The van der Waals surface area contributed by atoms with Crippen LogP contribution in [0.25, 0.3) is 16.2 Å². The minimum absolute atomic E-state index is 0.376. The number of hydrogen-bond acceptors (Lipinski definition) is 4. The van der Waals surface area contributed by atoms with Crippen LogP contribution in [0.1, 0.15) is 17.0 Å². The quantitative estimate of drug-likeness (QED) is 0.768. The van der Waals surface area contributed by atoms with Crippen LogP contribution in [0.4, 0.5) is 0 Å². The van der Waals surface area contributed by atoms with Gasteiger partial charge in [0, 0.05) is 10.9 Å². The smallest absolute Gasteiger partial charge is 0.212 e. The summed E-state index contributed by atoms with van der Waals surface area (Å²) in [6.07, 6.45) is 0. The van der Waals surface area contributed by atoms with Crippen molar-refractivity contribution in [2.45, 2.75) is 20.4 Å². The summed E-state index contributed by atoms with van der Waals surface area (Å²) in [5.41, 5.74) is 10.4. The molecule has 2 heterocycles. The maximum atomic E-state index is 5.58. The van der Waals surface area contributed by atoms with Gasteiger partial charge in [-0.25, -0.2) is 9.50 Å². The zero-order valence-electron chi connectivity index (χ0n) is 10.3. The van der Waals surface area contributed by atoms with Gasteiger partial charge in [-0.05, 0) is 19.4 Å². The van der Waals surface area contributed by atoms with E-state index in [0.717, 1.165) is 10.7 Å². The SMILES string of the molecule is Cc1ccc(-c2csc3nc(CN)nn23)c(C)c1. The fourth-order valence-corrected chi connectivity index (χ4v) is 2.94. The summed E-state index contributed by atoms with van der Waals surface area (Å²) in [4.78, 5) is 5.26. The number of hydrogen-bond donors (Lipinski definition) is 1. The Labute approximate surface area is 109 Å². The number of benzene rings is 1. The van der Waals surface area contributed by atoms with Gasteiger partial charge in [0.2, 0.25) is 4.96 Å². The Morgan fingerprint density at radius 2 is 2.17 bits per heavy atom. The molecule has 0 atom stereocenters. The summed E-state index contributed by atoms with van der Waals surface area (Å²) in [7, 11) is 0. The zero-order valence-corrected chi connectivity index (χ0v) is 11.2. The van der Waals surface area contributed by atoms with Crippen LogP contribution in [0.3, 0.4) is 0 Å². The number of rotatable bonds is 2. The molecule has 0 bridgehead atoms. The average molecular weight is 258 g/mol.